The van der Waals surface area contributed by atoms with Crippen molar-refractivity contribution in [2.45, 2.75) is 25.9 Å². The maximum atomic E-state index is 13.3. The molecule has 176 valence electrons. The molecule has 1 aliphatic rings. The van der Waals surface area contributed by atoms with Crippen LogP contribution in [-0.2, 0) is 9.59 Å². The van der Waals surface area contributed by atoms with Crippen LogP contribution in [0.5, 0.6) is 0 Å². The Hall–Kier alpha value is -3.08. The molecule has 11 heteroatoms. The van der Waals surface area contributed by atoms with Crippen molar-refractivity contribution >= 4 is 40.5 Å². The number of rotatable bonds is 7. The fourth-order valence-electron chi connectivity index (χ4n) is 3.62. The molecule has 0 spiro atoms. The molecule has 0 bridgehead atoms. The summed E-state index contributed by atoms with van der Waals surface area (Å²) in [6, 6.07) is 8.66. The van der Waals surface area contributed by atoms with Gasteiger partial charge in [0.05, 0.1) is 27.7 Å². The molecular formula is C22H25ClFN5O4. The molecule has 1 fully saturated rings. The first-order chi connectivity index (χ1) is 15.7. The lowest BCUT2D eigenvalue weighted by Crippen LogP contribution is -2.56. The molecule has 0 radical (unpaired) electrons. The number of carbonyl (C=O) groups is 2. The first-order valence-corrected chi connectivity index (χ1v) is 10.8. The number of halogens is 2. The molecule has 1 saturated heterocycles. The van der Waals surface area contributed by atoms with Gasteiger partial charge in [-0.1, -0.05) is 17.7 Å². The van der Waals surface area contributed by atoms with Crippen LogP contribution in [0, 0.1) is 15.9 Å². The van der Waals surface area contributed by atoms with Crippen molar-refractivity contribution in [3.05, 3.63) is 63.4 Å². The van der Waals surface area contributed by atoms with E-state index in [2.05, 4.69) is 10.6 Å². The third kappa shape index (κ3) is 6.25. The van der Waals surface area contributed by atoms with Crippen LogP contribution in [0.2, 0.25) is 5.02 Å². The van der Waals surface area contributed by atoms with Crippen molar-refractivity contribution in [3.63, 3.8) is 0 Å². The first kappa shape index (κ1) is 24.6. The van der Waals surface area contributed by atoms with Crippen molar-refractivity contribution in [3.8, 4) is 0 Å². The third-order valence-corrected chi connectivity index (χ3v) is 6.04. The van der Waals surface area contributed by atoms with Gasteiger partial charge in [0.2, 0.25) is 11.8 Å². The Kier molecular flexibility index (Phi) is 7.96. The number of carbonyl (C=O) groups excluding carboxylic acids is 2. The second-order valence-corrected chi connectivity index (χ2v) is 8.24. The predicted molar refractivity (Wildman–Crippen MR) is 124 cm³/mol. The molecule has 3 rings (SSSR count). The summed E-state index contributed by atoms with van der Waals surface area (Å²) in [7, 11) is 0. The summed E-state index contributed by atoms with van der Waals surface area (Å²) < 4.78 is 13.3. The summed E-state index contributed by atoms with van der Waals surface area (Å²) in [5.74, 6) is -0.990. The van der Waals surface area contributed by atoms with Gasteiger partial charge < -0.3 is 10.6 Å². The number of hydrogen-bond donors (Lipinski definition) is 2. The van der Waals surface area contributed by atoms with Crippen molar-refractivity contribution in [1.29, 1.82) is 0 Å². The lowest BCUT2D eigenvalue weighted by Gasteiger charge is -2.39. The summed E-state index contributed by atoms with van der Waals surface area (Å²) in [5, 5.41) is 16.6. The van der Waals surface area contributed by atoms with Crippen molar-refractivity contribution in [2.24, 2.45) is 0 Å². The van der Waals surface area contributed by atoms with Gasteiger partial charge in [0.25, 0.3) is 5.69 Å². The Balaban J connectivity index is 1.53. The molecule has 1 aliphatic heterocycles. The molecule has 9 nitrogen and oxygen atoms in total. The normalized spacial score (nSPS) is 16.6. The van der Waals surface area contributed by atoms with E-state index in [1.54, 1.807) is 19.9 Å². The second-order valence-electron chi connectivity index (χ2n) is 7.83. The summed E-state index contributed by atoms with van der Waals surface area (Å²) in [6.45, 7) is 5.75. The molecule has 33 heavy (non-hydrogen) atoms. The van der Waals surface area contributed by atoms with Crippen molar-refractivity contribution in [1.82, 2.24) is 9.80 Å². The van der Waals surface area contributed by atoms with Crippen LogP contribution >= 0.6 is 11.6 Å². The van der Waals surface area contributed by atoms with E-state index in [0.29, 0.717) is 31.9 Å². The highest BCUT2D eigenvalue weighted by atomic mass is 35.5. The molecule has 1 heterocycles. The fourth-order valence-corrected chi connectivity index (χ4v) is 3.78. The number of anilines is 2. The van der Waals surface area contributed by atoms with Gasteiger partial charge in [-0.2, -0.15) is 0 Å². The van der Waals surface area contributed by atoms with Crippen LogP contribution in [0.25, 0.3) is 0 Å². The lowest BCUT2D eigenvalue weighted by molar-refractivity contribution is -0.384. The number of nitro groups is 1. The number of nitrogens with zero attached hydrogens (tertiary/aromatic N) is 3. The van der Waals surface area contributed by atoms with Gasteiger partial charge in [0.1, 0.15) is 5.82 Å². The number of non-ortho nitro benzene ring substituents is 1. The zero-order valence-corrected chi connectivity index (χ0v) is 19.0. The summed E-state index contributed by atoms with van der Waals surface area (Å²) in [5.41, 5.74) is 0.418. The van der Waals surface area contributed by atoms with E-state index in [-0.39, 0.29) is 28.2 Å². The van der Waals surface area contributed by atoms with Gasteiger partial charge >= 0.3 is 0 Å². The highest BCUT2D eigenvalue weighted by molar-refractivity contribution is 6.33. The van der Waals surface area contributed by atoms with Crippen LogP contribution in [0.4, 0.5) is 21.5 Å². The van der Waals surface area contributed by atoms with Crippen LogP contribution < -0.4 is 10.6 Å². The van der Waals surface area contributed by atoms with Gasteiger partial charge in [0.15, 0.2) is 0 Å². The van der Waals surface area contributed by atoms with E-state index in [9.17, 15) is 24.1 Å². The molecule has 2 aromatic rings. The van der Waals surface area contributed by atoms with E-state index < -0.39 is 22.8 Å². The predicted octanol–water partition coefficient (Wildman–Crippen LogP) is 3.36. The quantitative estimate of drug-likeness (QED) is 0.467. The number of piperazine rings is 1. The van der Waals surface area contributed by atoms with Crippen LogP contribution in [0.15, 0.2) is 42.5 Å². The van der Waals surface area contributed by atoms with E-state index in [0.717, 1.165) is 0 Å². The maximum absolute atomic E-state index is 13.3. The van der Waals surface area contributed by atoms with E-state index in [1.807, 2.05) is 9.80 Å². The van der Waals surface area contributed by atoms with Crippen LogP contribution in [0.3, 0.4) is 0 Å². The minimum atomic E-state index is -0.555. The zero-order chi connectivity index (χ0) is 24.1. The highest BCUT2D eigenvalue weighted by Gasteiger charge is 2.30. The van der Waals surface area contributed by atoms with Gasteiger partial charge in [-0.25, -0.2) is 4.39 Å². The highest BCUT2D eigenvalue weighted by Crippen LogP contribution is 2.27. The molecular weight excluding hydrogens is 453 g/mol. The summed E-state index contributed by atoms with van der Waals surface area (Å²) in [4.78, 5) is 39.6. The van der Waals surface area contributed by atoms with Crippen LogP contribution in [-0.4, -0.2) is 64.8 Å². The average molecular weight is 478 g/mol. The Morgan fingerprint density at radius 1 is 1.00 bits per heavy atom. The van der Waals surface area contributed by atoms with Gasteiger partial charge in [-0.15, -0.1) is 0 Å². The second kappa shape index (κ2) is 10.7. The first-order valence-electron chi connectivity index (χ1n) is 10.4. The van der Waals surface area contributed by atoms with Crippen molar-refractivity contribution in [2.75, 3.05) is 36.8 Å². The smallest absolute Gasteiger partial charge is 0.271 e. The van der Waals surface area contributed by atoms with E-state index >= 15 is 0 Å². The Morgan fingerprint density at radius 3 is 2.12 bits per heavy atom. The third-order valence-electron chi connectivity index (χ3n) is 5.71. The summed E-state index contributed by atoms with van der Waals surface area (Å²) >= 11 is 6.07. The zero-order valence-electron chi connectivity index (χ0n) is 18.3. The number of benzene rings is 2. The Bertz CT molecular complexity index is 1050. The van der Waals surface area contributed by atoms with E-state index in [4.69, 9.17) is 11.6 Å². The molecule has 2 atom stereocenters. The molecule has 0 saturated carbocycles. The molecule has 2 amide bonds. The van der Waals surface area contributed by atoms with E-state index in [1.165, 1.54) is 36.4 Å². The number of nitrogens with one attached hydrogen (secondary N) is 2. The van der Waals surface area contributed by atoms with Gasteiger partial charge in [-0.05, 0) is 38.1 Å². The van der Waals surface area contributed by atoms with Crippen molar-refractivity contribution < 1.29 is 18.9 Å². The SMILES string of the molecule is CC(C(=O)Nc1cccc(F)c1)N1CCN(C(C)C(=O)Nc2cc([N+](=O)[O-])ccc2Cl)CC1. The number of amides is 2. The largest absolute Gasteiger partial charge is 0.325 e. The average Bonchev–Trinajstić information content (AvgIpc) is 2.79. The fraction of sp³-hybridized carbons (Fsp3) is 0.364. The topological polar surface area (TPSA) is 108 Å². The molecule has 0 aromatic heterocycles. The van der Waals surface area contributed by atoms with Gasteiger partial charge in [0, 0.05) is 44.0 Å². The Labute approximate surface area is 195 Å². The summed E-state index contributed by atoms with van der Waals surface area (Å²) in [6.07, 6.45) is 0. The standard InChI is InChI=1S/C22H25ClFN5O4/c1-14(21(30)25-17-5-3-4-16(24)12-17)27-8-10-28(11-9-27)15(2)22(31)26-20-13-18(29(32)33)6-7-19(20)23/h3-7,12-15H,8-11H2,1-2H3,(H,25,30)(H,26,31). The van der Waals surface area contributed by atoms with Crippen LogP contribution in [0.1, 0.15) is 13.8 Å². The molecule has 2 aromatic carbocycles. The molecule has 2 N–H and O–H groups in total. The van der Waals surface area contributed by atoms with Gasteiger partial charge in [-0.3, -0.25) is 29.5 Å². The number of nitro benzene ring substituents is 1. The number of hydrogen-bond acceptors (Lipinski definition) is 6. The monoisotopic (exact) mass is 477 g/mol. The lowest BCUT2D eigenvalue weighted by atomic mass is 10.1. The Morgan fingerprint density at radius 2 is 1.58 bits per heavy atom. The minimum Gasteiger partial charge on any atom is -0.325 e. The molecule has 0 aliphatic carbocycles. The molecule has 2 unspecified atom stereocenters. The minimum absolute atomic E-state index is 0.165. The maximum Gasteiger partial charge on any atom is 0.271 e.